The summed E-state index contributed by atoms with van der Waals surface area (Å²) in [5.41, 5.74) is 0. The lowest BCUT2D eigenvalue weighted by Gasteiger charge is -2.33. The topological polar surface area (TPSA) is 57.5 Å². The number of hydrogen-bond donors (Lipinski definition) is 2. The molecule has 0 aromatic carbocycles. The molecule has 2 aromatic rings. The van der Waals surface area contributed by atoms with Crippen LogP contribution in [0.3, 0.4) is 0 Å². The average Bonchev–Trinajstić information content (AvgIpc) is 3.29. The fraction of sp³-hybridized carbons (Fsp3) is 0.529. The van der Waals surface area contributed by atoms with Gasteiger partial charge in [0, 0.05) is 38.1 Å². The molecule has 2 aromatic heterocycles. The second-order valence-electron chi connectivity index (χ2n) is 5.89. The highest BCUT2D eigenvalue weighted by Crippen LogP contribution is 2.24. The van der Waals surface area contributed by atoms with E-state index in [0.717, 1.165) is 51.5 Å². The summed E-state index contributed by atoms with van der Waals surface area (Å²) in [6.07, 6.45) is 6.05. The first-order chi connectivity index (χ1) is 11.8. The van der Waals surface area contributed by atoms with Crippen molar-refractivity contribution in [3.63, 3.8) is 0 Å². The summed E-state index contributed by atoms with van der Waals surface area (Å²) in [4.78, 5) is 7.15. The lowest BCUT2D eigenvalue weighted by molar-refractivity contribution is 0.462. The van der Waals surface area contributed by atoms with Crippen molar-refractivity contribution in [2.24, 2.45) is 4.99 Å². The molecule has 0 spiro atoms. The van der Waals surface area contributed by atoms with Gasteiger partial charge < -0.3 is 15.5 Å². The van der Waals surface area contributed by atoms with Crippen molar-refractivity contribution in [3.05, 3.63) is 36.0 Å². The molecule has 1 aliphatic rings. The zero-order valence-electron chi connectivity index (χ0n) is 14.2. The largest absolute Gasteiger partial charge is 0.363 e. The van der Waals surface area contributed by atoms with Gasteiger partial charge in [0.25, 0.3) is 0 Å². The van der Waals surface area contributed by atoms with E-state index in [0.29, 0.717) is 6.04 Å². The molecule has 0 amide bonds. The van der Waals surface area contributed by atoms with Crippen LogP contribution in [0.15, 0.2) is 41.0 Å². The number of nitrogens with one attached hydrogen (secondary N) is 2. The van der Waals surface area contributed by atoms with E-state index in [1.54, 1.807) is 6.20 Å². The van der Waals surface area contributed by atoms with Crippen molar-refractivity contribution in [1.29, 1.82) is 0 Å². The molecule has 7 heteroatoms. The molecule has 0 aliphatic carbocycles. The van der Waals surface area contributed by atoms with Crippen molar-refractivity contribution >= 4 is 22.3 Å². The molecular weight excluding hydrogens is 320 g/mol. The Morgan fingerprint density at radius 3 is 2.92 bits per heavy atom. The van der Waals surface area contributed by atoms with Gasteiger partial charge in [-0.3, -0.25) is 9.67 Å². The first-order valence-electron chi connectivity index (χ1n) is 8.66. The van der Waals surface area contributed by atoms with Crippen LogP contribution in [0.25, 0.3) is 0 Å². The van der Waals surface area contributed by atoms with E-state index >= 15 is 0 Å². The van der Waals surface area contributed by atoms with Gasteiger partial charge in [-0.15, -0.1) is 11.3 Å². The number of anilines is 1. The van der Waals surface area contributed by atoms with Crippen LogP contribution in [0.4, 0.5) is 5.00 Å². The Balaban J connectivity index is 1.47. The van der Waals surface area contributed by atoms with E-state index in [1.165, 1.54) is 5.00 Å². The SMILES string of the molecule is CCNC(=NCCn1cccn1)NC1CCN(c2cccs2)CC1. The van der Waals surface area contributed by atoms with Crippen molar-refractivity contribution in [3.8, 4) is 0 Å². The molecule has 0 saturated carbocycles. The fourth-order valence-corrected chi connectivity index (χ4v) is 3.69. The molecule has 6 nitrogen and oxygen atoms in total. The Morgan fingerprint density at radius 1 is 1.38 bits per heavy atom. The Morgan fingerprint density at radius 2 is 2.25 bits per heavy atom. The van der Waals surface area contributed by atoms with Crippen molar-refractivity contribution in [1.82, 2.24) is 20.4 Å². The van der Waals surface area contributed by atoms with E-state index in [-0.39, 0.29) is 0 Å². The Hall–Kier alpha value is -2.02. The molecular formula is C17H26N6S. The van der Waals surface area contributed by atoms with E-state index < -0.39 is 0 Å². The normalized spacial score (nSPS) is 16.4. The second kappa shape index (κ2) is 8.73. The van der Waals surface area contributed by atoms with Crippen LogP contribution in [-0.2, 0) is 6.54 Å². The van der Waals surface area contributed by atoms with Crippen LogP contribution >= 0.6 is 11.3 Å². The van der Waals surface area contributed by atoms with Gasteiger partial charge in [0.1, 0.15) is 0 Å². The Labute approximate surface area is 147 Å². The van der Waals surface area contributed by atoms with Crippen LogP contribution in [0.1, 0.15) is 19.8 Å². The van der Waals surface area contributed by atoms with Crippen molar-refractivity contribution in [2.45, 2.75) is 32.4 Å². The number of rotatable bonds is 6. The minimum atomic E-state index is 0.490. The molecule has 1 saturated heterocycles. The van der Waals surface area contributed by atoms with Crippen molar-refractivity contribution < 1.29 is 0 Å². The van der Waals surface area contributed by atoms with Crippen LogP contribution in [-0.4, -0.2) is 48.0 Å². The van der Waals surface area contributed by atoms with E-state index in [4.69, 9.17) is 0 Å². The molecule has 1 fully saturated rings. The van der Waals surface area contributed by atoms with Gasteiger partial charge in [0.15, 0.2) is 5.96 Å². The summed E-state index contributed by atoms with van der Waals surface area (Å²) in [5.74, 6) is 0.916. The average molecular weight is 347 g/mol. The van der Waals surface area contributed by atoms with Gasteiger partial charge >= 0.3 is 0 Å². The summed E-state index contributed by atoms with van der Waals surface area (Å²) in [6.45, 7) is 6.72. The smallest absolute Gasteiger partial charge is 0.191 e. The highest BCUT2D eigenvalue weighted by atomic mass is 32.1. The zero-order chi connectivity index (χ0) is 16.6. The third-order valence-corrected chi connectivity index (χ3v) is 5.09. The van der Waals surface area contributed by atoms with Gasteiger partial charge in [-0.25, -0.2) is 0 Å². The third kappa shape index (κ3) is 4.74. The predicted molar refractivity (Wildman–Crippen MR) is 101 cm³/mol. The van der Waals surface area contributed by atoms with Gasteiger partial charge in [0.2, 0.25) is 0 Å². The molecule has 0 atom stereocenters. The molecule has 3 heterocycles. The monoisotopic (exact) mass is 346 g/mol. The van der Waals surface area contributed by atoms with Crippen LogP contribution < -0.4 is 15.5 Å². The van der Waals surface area contributed by atoms with Gasteiger partial charge in [-0.05, 0) is 43.3 Å². The summed E-state index contributed by atoms with van der Waals surface area (Å²) < 4.78 is 1.91. The molecule has 0 radical (unpaired) electrons. The quantitative estimate of drug-likeness (QED) is 0.622. The van der Waals surface area contributed by atoms with E-state index in [9.17, 15) is 0 Å². The number of guanidine groups is 1. The molecule has 130 valence electrons. The summed E-state index contributed by atoms with van der Waals surface area (Å²) in [7, 11) is 0. The number of aliphatic imine (C=N–C) groups is 1. The lowest BCUT2D eigenvalue weighted by Crippen LogP contribution is -2.48. The summed E-state index contributed by atoms with van der Waals surface area (Å²) in [5, 5.41) is 14.7. The second-order valence-corrected chi connectivity index (χ2v) is 6.81. The third-order valence-electron chi connectivity index (χ3n) is 4.16. The van der Waals surface area contributed by atoms with Crippen LogP contribution in [0.2, 0.25) is 0 Å². The summed E-state index contributed by atoms with van der Waals surface area (Å²) in [6, 6.07) is 6.76. The molecule has 3 rings (SSSR count). The Kier molecular flexibility index (Phi) is 6.12. The number of thiophene rings is 1. The van der Waals surface area contributed by atoms with Crippen LogP contribution in [0, 0.1) is 0 Å². The number of hydrogen-bond acceptors (Lipinski definition) is 4. The highest BCUT2D eigenvalue weighted by Gasteiger charge is 2.20. The van der Waals surface area contributed by atoms with Gasteiger partial charge in [-0.2, -0.15) is 5.10 Å². The van der Waals surface area contributed by atoms with Crippen molar-refractivity contribution in [2.75, 3.05) is 31.1 Å². The maximum atomic E-state index is 4.67. The van der Waals surface area contributed by atoms with Gasteiger partial charge in [-0.1, -0.05) is 0 Å². The predicted octanol–water partition coefficient (Wildman–Crippen LogP) is 2.17. The molecule has 2 N–H and O–H groups in total. The Bertz CT molecular complexity index is 599. The van der Waals surface area contributed by atoms with E-state index in [1.807, 2.05) is 28.3 Å². The lowest BCUT2D eigenvalue weighted by atomic mass is 10.1. The molecule has 24 heavy (non-hydrogen) atoms. The minimum Gasteiger partial charge on any atom is -0.363 e. The van der Waals surface area contributed by atoms with Crippen LogP contribution in [0.5, 0.6) is 0 Å². The summed E-state index contributed by atoms with van der Waals surface area (Å²) >= 11 is 1.82. The fourth-order valence-electron chi connectivity index (χ4n) is 2.90. The van der Waals surface area contributed by atoms with Gasteiger partial charge in [0.05, 0.1) is 18.1 Å². The molecule has 0 bridgehead atoms. The number of aromatic nitrogens is 2. The maximum absolute atomic E-state index is 4.67. The minimum absolute atomic E-state index is 0.490. The number of piperidine rings is 1. The molecule has 1 aliphatic heterocycles. The number of nitrogens with zero attached hydrogens (tertiary/aromatic N) is 4. The highest BCUT2D eigenvalue weighted by molar-refractivity contribution is 7.14. The first kappa shape index (κ1) is 16.8. The first-order valence-corrected chi connectivity index (χ1v) is 9.54. The molecule has 0 unspecified atom stereocenters. The maximum Gasteiger partial charge on any atom is 0.191 e. The standard InChI is InChI=1S/C17H26N6S/c1-2-18-17(19-9-13-23-10-4-8-20-23)21-15-6-11-22(12-7-15)16-5-3-14-24-16/h3-5,8,10,14-15H,2,6-7,9,11-13H2,1H3,(H2,18,19,21). The van der Waals surface area contributed by atoms with E-state index in [2.05, 4.69) is 50.1 Å². The zero-order valence-corrected chi connectivity index (χ0v) is 15.0.